The van der Waals surface area contributed by atoms with Crippen molar-refractivity contribution >= 4 is 8.53 Å². The monoisotopic (exact) mass is 428 g/mol. The standard InChI is InChI=1S/C22H27N2O3P.C2H6/c1-22(19-11-5-3-6-12-19,21-15-9-10-16-23-21)26-18-17-24(2)28(25)27-20-13-7-4-8-14-20;1-2/h3-5,7-11,13-16,25H,6,12,17-18H2,1-2H3;1-2H3. The van der Waals surface area contributed by atoms with E-state index in [0.717, 1.165) is 18.5 Å². The van der Waals surface area contributed by atoms with Gasteiger partial charge in [-0.15, -0.1) is 0 Å². The Kier molecular flexibility index (Phi) is 10.2. The third kappa shape index (κ3) is 6.75. The van der Waals surface area contributed by atoms with Gasteiger partial charge in [0.05, 0.1) is 12.3 Å². The van der Waals surface area contributed by atoms with Crippen LogP contribution in [0.5, 0.6) is 5.75 Å². The molecule has 2 aromatic rings. The lowest BCUT2D eigenvalue weighted by Crippen LogP contribution is -2.33. The maximum absolute atomic E-state index is 10.3. The predicted octanol–water partition coefficient (Wildman–Crippen LogP) is 5.85. The second-order valence-corrected chi connectivity index (χ2v) is 8.16. The Hall–Kier alpha value is -2.04. The largest absolute Gasteiger partial charge is 0.436 e. The van der Waals surface area contributed by atoms with Gasteiger partial charge in [-0.2, -0.15) is 0 Å². The Morgan fingerprint density at radius 2 is 1.87 bits per heavy atom. The van der Waals surface area contributed by atoms with Crippen LogP contribution < -0.4 is 4.52 Å². The van der Waals surface area contributed by atoms with Gasteiger partial charge >= 0.3 is 8.53 Å². The number of hydrogen-bond donors (Lipinski definition) is 1. The van der Waals surface area contributed by atoms with Gasteiger partial charge in [0.25, 0.3) is 0 Å². The Morgan fingerprint density at radius 3 is 2.50 bits per heavy atom. The van der Waals surface area contributed by atoms with Crippen LogP contribution in [0.4, 0.5) is 0 Å². The van der Waals surface area contributed by atoms with Crippen LogP contribution in [0.3, 0.4) is 0 Å². The number of aromatic nitrogens is 1. The van der Waals surface area contributed by atoms with E-state index in [9.17, 15) is 4.89 Å². The van der Waals surface area contributed by atoms with Crippen molar-refractivity contribution in [2.24, 2.45) is 0 Å². The number of hydrogen-bond acceptors (Lipinski definition) is 5. The van der Waals surface area contributed by atoms with Crippen LogP contribution in [-0.2, 0) is 10.3 Å². The van der Waals surface area contributed by atoms with Crippen LogP contribution >= 0.6 is 8.53 Å². The van der Waals surface area contributed by atoms with E-state index >= 15 is 0 Å². The molecular weight excluding hydrogens is 395 g/mol. The highest BCUT2D eigenvalue weighted by atomic mass is 31.2. The normalized spacial score (nSPS) is 16.1. The van der Waals surface area contributed by atoms with E-state index in [-0.39, 0.29) is 0 Å². The molecular formula is C24H33N2O3P. The average molecular weight is 429 g/mol. The summed E-state index contributed by atoms with van der Waals surface area (Å²) in [4.78, 5) is 14.9. The molecule has 1 N–H and O–H groups in total. The maximum Gasteiger partial charge on any atom is 0.318 e. The van der Waals surface area contributed by atoms with E-state index in [2.05, 4.69) is 30.1 Å². The van der Waals surface area contributed by atoms with E-state index < -0.39 is 14.1 Å². The van der Waals surface area contributed by atoms with Crippen molar-refractivity contribution in [1.82, 2.24) is 9.65 Å². The van der Waals surface area contributed by atoms with Crippen molar-refractivity contribution in [3.63, 3.8) is 0 Å². The van der Waals surface area contributed by atoms with Crippen molar-refractivity contribution in [2.45, 2.75) is 39.2 Å². The van der Waals surface area contributed by atoms with Crippen molar-refractivity contribution in [2.75, 3.05) is 20.2 Å². The summed E-state index contributed by atoms with van der Waals surface area (Å²) in [5.74, 6) is 0.654. The van der Waals surface area contributed by atoms with Gasteiger partial charge in [-0.1, -0.05) is 56.3 Å². The second-order valence-electron chi connectivity index (χ2n) is 6.79. The molecule has 0 spiro atoms. The Balaban J connectivity index is 0.00000155. The summed E-state index contributed by atoms with van der Waals surface area (Å²) < 4.78 is 13.8. The molecule has 0 amide bonds. The van der Waals surface area contributed by atoms with Gasteiger partial charge in [0.15, 0.2) is 0 Å². The molecule has 0 aliphatic heterocycles. The summed E-state index contributed by atoms with van der Waals surface area (Å²) in [6.45, 7) is 7.06. The summed E-state index contributed by atoms with van der Waals surface area (Å²) in [5.41, 5.74) is 1.51. The van der Waals surface area contributed by atoms with E-state index in [1.54, 1.807) is 10.9 Å². The van der Waals surface area contributed by atoms with Gasteiger partial charge in [0.2, 0.25) is 0 Å². The van der Waals surface area contributed by atoms with Crippen LogP contribution in [0.15, 0.2) is 78.5 Å². The first-order chi connectivity index (χ1) is 14.6. The van der Waals surface area contributed by atoms with Crippen molar-refractivity contribution < 1.29 is 14.2 Å². The molecule has 30 heavy (non-hydrogen) atoms. The van der Waals surface area contributed by atoms with Crippen LogP contribution in [0.2, 0.25) is 0 Å². The molecule has 0 saturated carbocycles. The number of allylic oxidation sites excluding steroid dienone is 3. The smallest absolute Gasteiger partial charge is 0.318 e. The highest BCUT2D eigenvalue weighted by molar-refractivity contribution is 7.43. The van der Waals surface area contributed by atoms with E-state index in [1.807, 2.05) is 69.4 Å². The summed E-state index contributed by atoms with van der Waals surface area (Å²) in [5, 5.41) is 0. The van der Waals surface area contributed by atoms with Crippen LogP contribution in [0, 0.1) is 0 Å². The third-order valence-corrected chi connectivity index (χ3v) is 5.97. The number of para-hydroxylation sites is 1. The minimum Gasteiger partial charge on any atom is -0.436 e. The summed E-state index contributed by atoms with van der Waals surface area (Å²) in [6.07, 6.45) is 10.1. The lowest BCUT2D eigenvalue weighted by atomic mass is 9.86. The zero-order valence-corrected chi connectivity index (χ0v) is 19.3. The topological polar surface area (TPSA) is 54.8 Å². The molecule has 162 valence electrons. The zero-order valence-electron chi connectivity index (χ0n) is 18.4. The predicted molar refractivity (Wildman–Crippen MR) is 124 cm³/mol. The van der Waals surface area contributed by atoms with Gasteiger partial charge in [-0.25, -0.2) is 4.67 Å². The fourth-order valence-electron chi connectivity index (χ4n) is 3.09. The molecule has 2 unspecified atom stereocenters. The number of benzene rings is 1. The fraction of sp³-hybridized carbons (Fsp3) is 0.375. The van der Waals surface area contributed by atoms with Crippen molar-refractivity contribution in [3.8, 4) is 5.75 Å². The van der Waals surface area contributed by atoms with Gasteiger partial charge in [0.1, 0.15) is 11.4 Å². The van der Waals surface area contributed by atoms with E-state index in [1.165, 1.54) is 5.57 Å². The molecule has 1 aromatic carbocycles. The highest BCUT2D eigenvalue weighted by Crippen LogP contribution is 2.38. The van der Waals surface area contributed by atoms with Crippen molar-refractivity contribution in [1.29, 1.82) is 0 Å². The number of likely N-dealkylation sites (N-methyl/N-ethyl adjacent to an activating group) is 1. The number of nitrogens with zero attached hydrogens (tertiary/aromatic N) is 2. The summed E-state index contributed by atoms with van der Waals surface area (Å²) >= 11 is 0. The van der Waals surface area contributed by atoms with E-state index in [4.69, 9.17) is 9.26 Å². The first kappa shape index (κ1) is 24.2. The first-order valence-corrected chi connectivity index (χ1v) is 11.6. The number of ether oxygens (including phenoxy) is 1. The molecule has 6 heteroatoms. The fourth-order valence-corrected chi connectivity index (χ4v) is 3.79. The lowest BCUT2D eigenvalue weighted by molar-refractivity contribution is -0.0158. The number of rotatable bonds is 9. The van der Waals surface area contributed by atoms with E-state index in [0.29, 0.717) is 18.9 Å². The summed E-state index contributed by atoms with van der Waals surface area (Å²) in [7, 11) is 0.110. The maximum atomic E-state index is 10.3. The van der Waals surface area contributed by atoms with Gasteiger partial charge < -0.3 is 14.2 Å². The average Bonchev–Trinajstić information content (AvgIpc) is 2.82. The molecule has 0 fully saturated rings. The molecule has 5 nitrogen and oxygen atoms in total. The molecule has 1 aliphatic carbocycles. The number of pyridine rings is 1. The Labute approximate surface area is 182 Å². The minimum absolute atomic E-state index is 0.447. The Bertz CT molecular complexity index is 799. The molecule has 0 bridgehead atoms. The van der Waals surface area contributed by atoms with Crippen LogP contribution in [0.25, 0.3) is 0 Å². The van der Waals surface area contributed by atoms with Gasteiger partial charge in [-0.3, -0.25) is 4.98 Å². The van der Waals surface area contributed by atoms with Crippen molar-refractivity contribution in [3.05, 3.63) is 84.2 Å². The molecule has 0 radical (unpaired) electrons. The molecule has 1 aromatic heterocycles. The third-order valence-electron chi connectivity index (χ3n) is 4.81. The SMILES string of the molecule is CC.CN(CCOC(C)(C1=CC=CCC1)c1ccccn1)P(O)Oc1ccccc1. The zero-order chi connectivity index (χ0) is 21.8. The van der Waals surface area contributed by atoms with Crippen LogP contribution in [0.1, 0.15) is 39.3 Å². The van der Waals surface area contributed by atoms with Gasteiger partial charge in [0, 0.05) is 12.7 Å². The Morgan fingerprint density at radius 1 is 1.13 bits per heavy atom. The molecule has 3 rings (SSSR count). The van der Waals surface area contributed by atoms with Gasteiger partial charge in [-0.05, 0) is 56.7 Å². The molecule has 1 aliphatic rings. The molecule has 1 heterocycles. The minimum atomic E-state index is -1.72. The lowest BCUT2D eigenvalue weighted by Gasteiger charge is -2.34. The van der Waals surface area contributed by atoms with Crippen LogP contribution in [-0.4, -0.2) is 34.7 Å². The second kappa shape index (κ2) is 12.6. The molecule has 2 atom stereocenters. The quantitative estimate of drug-likeness (QED) is 0.508. The molecule has 0 saturated heterocycles. The highest BCUT2D eigenvalue weighted by Gasteiger charge is 2.33. The first-order valence-electron chi connectivity index (χ1n) is 10.4. The summed E-state index contributed by atoms with van der Waals surface area (Å²) in [6, 6.07) is 15.2.